The molecule has 0 bridgehead atoms. The number of ether oxygens (including phenoxy) is 6. The number of aliphatic hydroxyl groups excluding tert-OH is 1. The molecule has 10 heteroatoms. The SMILES string of the molecule is COC[C@@H](OC(C)=O)[C@H]1O[C@@H](O)[C@H](OC(C)=O)[C@@H](OC(C)=O)[C@@H]1OC. The van der Waals surface area contributed by atoms with E-state index in [1.54, 1.807) is 0 Å². The van der Waals surface area contributed by atoms with Crippen LogP contribution in [0.3, 0.4) is 0 Å². The van der Waals surface area contributed by atoms with Crippen LogP contribution in [0, 0.1) is 0 Å². The van der Waals surface area contributed by atoms with Gasteiger partial charge in [-0.2, -0.15) is 0 Å². The highest BCUT2D eigenvalue weighted by atomic mass is 16.7. The summed E-state index contributed by atoms with van der Waals surface area (Å²) in [4.78, 5) is 34.1. The molecule has 6 atom stereocenters. The van der Waals surface area contributed by atoms with Crippen LogP contribution in [0.2, 0.25) is 0 Å². The summed E-state index contributed by atoms with van der Waals surface area (Å²) in [6.45, 7) is 3.45. The first-order valence-corrected chi connectivity index (χ1v) is 7.58. The second kappa shape index (κ2) is 9.66. The molecule has 1 saturated heterocycles. The topological polar surface area (TPSA) is 127 Å². The summed E-state index contributed by atoms with van der Waals surface area (Å²) < 4.78 is 31.1. The lowest BCUT2D eigenvalue weighted by atomic mass is 9.94. The van der Waals surface area contributed by atoms with Gasteiger partial charge < -0.3 is 33.5 Å². The minimum Gasteiger partial charge on any atom is -0.457 e. The Hall–Kier alpha value is -1.75. The second-order valence-corrected chi connectivity index (χ2v) is 5.44. The van der Waals surface area contributed by atoms with E-state index in [9.17, 15) is 19.5 Å². The third-order valence-corrected chi connectivity index (χ3v) is 3.44. The zero-order chi connectivity index (χ0) is 19.1. The van der Waals surface area contributed by atoms with Gasteiger partial charge in [-0.15, -0.1) is 0 Å². The molecule has 0 radical (unpaired) electrons. The highest BCUT2D eigenvalue weighted by Gasteiger charge is 2.52. The lowest BCUT2D eigenvalue weighted by molar-refractivity contribution is -0.308. The number of esters is 3. The first kappa shape index (κ1) is 21.3. The number of hydrogen-bond donors (Lipinski definition) is 1. The maximum Gasteiger partial charge on any atom is 0.303 e. The third kappa shape index (κ3) is 5.92. The zero-order valence-electron chi connectivity index (χ0n) is 14.8. The lowest BCUT2D eigenvalue weighted by Gasteiger charge is -2.44. The quantitative estimate of drug-likeness (QED) is 0.451. The smallest absolute Gasteiger partial charge is 0.303 e. The first-order valence-electron chi connectivity index (χ1n) is 7.58. The minimum atomic E-state index is -1.63. The van der Waals surface area contributed by atoms with E-state index in [4.69, 9.17) is 28.4 Å². The normalized spacial score (nSPS) is 30.2. The summed E-state index contributed by atoms with van der Waals surface area (Å²) in [5, 5.41) is 10.2. The molecule has 0 aromatic rings. The Morgan fingerprint density at radius 3 is 1.96 bits per heavy atom. The van der Waals surface area contributed by atoms with Crippen molar-refractivity contribution < 1.29 is 47.9 Å². The number of carbonyl (C=O) groups excluding carboxylic acids is 3. The van der Waals surface area contributed by atoms with Gasteiger partial charge in [-0.05, 0) is 0 Å². The van der Waals surface area contributed by atoms with Gasteiger partial charge in [0, 0.05) is 35.0 Å². The van der Waals surface area contributed by atoms with Crippen molar-refractivity contribution in [2.45, 2.75) is 57.6 Å². The fraction of sp³-hybridized carbons (Fsp3) is 0.800. The molecule has 0 saturated carbocycles. The molecule has 25 heavy (non-hydrogen) atoms. The Morgan fingerprint density at radius 1 is 0.960 bits per heavy atom. The van der Waals surface area contributed by atoms with Crippen molar-refractivity contribution in [1.82, 2.24) is 0 Å². The van der Waals surface area contributed by atoms with Gasteiger partial charge in [-0.1, -0.05) is 0 Å². The van der Waals surface area contributed by atoms with E-state index in [2.05, 4.69) is 0 Å². The summed E-state index contributed by atoms with van der Waals surface area (Å²) in [7, 11) is 2.71. The van der Waals surface area contributed by atoms with Crippen molar-refractivity contribution in [2.75, 3.05) is 20.8 Å². The highest BCUT2D eigenvalue weighted by molar-refractivity contribution is 5.67. The molecule has 1 fully saturated rings. The molecule has 0 spiro atoms. The maximum atomic E-state index is 11.4. The molecule has 144 valence electrons. The van der Waals surface area contributed by atoms with E-state index in [0.717, 1.165) is 13.8 Å². The summed E-state index contributed by atoms with van der Waals surface area (Å²) in [5.41, 5.74) is 0. The third-order valence-electron chi connectivity index (χ3n) is 3.44. The Balaban J connectivity index is 3.16. The van der Waals surface area contributed by atoms with Crippen molar-refractivity contribution in [1.29, 1.82) is 0 Å². The van der Waals surface area contributed by atoms with Gasteiger partial charge in [0.05, 0.1) is 6.61 Å². The molecular weight excluding hydrogens is 340 g/mol. The van der Waals surface area contributed by atoms with Crippen LogP contribution in [0.5, 0.6) is 0 Å². The highest BCUT2D eigenvalue weighted by Crippen LogP contribution is 2.30. The van der Waals surface area contributed by atoms with E-state index in [1.165, 1.54) is 21.1 Å². The number of hydrogen-bond acceptors (Lipinski definition) is 10. The van der Waals surface area contributed by atoms with E-state index < -0.39 is 54.7 Å². The van der Waals surface area contributed by atoms with E-state index in [1.807, 2.05) is 0 Å². The van der Waals surface area contributed by atoms with Gasteiger partial charge in [0.1, 0.15) is 12.2 Å². The number of aliphatic hydroxyl groups is 1. The average molecular weight is 364 g/mol. The van der Waals surface area contributed by atoms with Gasteiger partial charge in [0.15, 0.2) is 24.6 Å². The van der Waals surface area contributed by atoms with Crippen molar-refractivity contribution in [2.24, 2.45) is 0 Å². The fourth-order valence-electron chi connectivity index (χ4n) is 2.64. The van der Waals surface area contributed by atoms with E-state index in [-0.39, 0.29) is 6.61 Å². The predicted molar refractivity (Wildman–Crippen MR) is 80.2 cm³/mol. The second-order valence-electron chi connectivity index (χ2n) is 5.44. The summed E-state index contributed by atoms with van der Waals surface area (Å²) in [5.74, 6) is -1.97. The number of rotatable bonds is 7. The molecule has 0 aromatic carbocycles. The molecule has 10 nitrogen and oxygen atoms in total. The van der Waals surface area contributed by atoms with Crippen LogP contribution in [0.25, 0.3) is 0 Å². The van der Waals surface area contributed by atoms with Crippen molar-refractivity contribution in [3.8, 4) is 0 Å². The van der Waals surface area contributed by atoms with Crippen molar-refractivity contribution >= 4 is 17.9 Å². The van der Waals surface area contributed by atoms with Crippen molar-refractivity contribution in [3.05, 3.63) is 0 Å². The van der Waals surface area contributed by atoms with Crippen LogP contribution in [0.4, 0.5) is 0 Å². The molecule has 1 N–H and O–H groups in total. The zero-order valence-corrected chi connectivity index (χ0v) is 14.8. The Morgan fingerprint density at radius 2 is 1.52 bits per heavy atom. The molecule has 1 heterocycles. The molecule has 0 unspecified atom stereocenters. The van der Waals surface area contributed by atoms with E-state index >= 15 is 0 Å². The van der Waals surface area contributed by atoms with E-state index in [0.29, 0.717) is 0 Å². The van der Waals surface area contributed by atoms with Gasteiger partial charge in [-0.3, -0.25) is 14.4 Å². The summed E-state index contributed by atoms with van der Waals surface area (Å²) >= 11 is 0. The largest absolute Gasteiger partial charge is 0.457 e. The molecule has 0 aliphatic carbocycles. The Kier molecular flexibility index (Phi) is 8.23. The van der Waals surface area contributed by atoms with Crippen molar-refractivity contribution in [3.63, 3.8) is 0 Å². The molecule has 1 aliphatic heterocycles. The minimum absolute atomic E-state index is 0.0537. The maximum absolute atomic E-state index is 11.4. The number of carbonyl (C=O) groups is 3. The molecule has 1 rings (SSSR count). The van der Waals surface area contributed by atoms with Crippen LogP contribution in [0.15, 0.2) is 0 Å². The van der Waals surface area contributed by atoms with Crippen LogP contribution in [0.1, 0.15) is 20.8 Å². The average Bonchev–Trinajstić information content (AvgIpc) is 2.49. The number of methoxy groups -OCH3 is 2. The van der Waals surface area contributed by atoms with Gasteiger partial charge in [-0.25, -0.2) is 0 Å². The van der Waals surface area contributed by atoms with Gasteiger partial charge >= 0.3 is 17.9 Å². The van der Waals surface area contributed by atoms with Gasteiger partial charge in [0.2, 0.25) is 0 Å². The molecule has 1 aliphatic rings. The van der Waals surface area contributed by atoms with Crippen LogP contribution >= 0.6 is 0 Å². The van der Waals surface area contributed by atoms with Crippen LogP contribution < -0.4 is 0 Å². The Bertz CT molecular complexity index is 479. The van der Waals surface area contributed by atoms with Gasteiger partial charge in [0.25, 0.3) is 0 Å². The summed E-state index contributed by atoms with van der Waals surface area (Å²) in [6.07, 6.45) is -7.06. The van der Waals surface area contributed by atoms with Crippen LogP contribution in [-0.4, -0.2) is 80.7 Å². The molecule has 0 amide bonds. The monoisotopic (exact) mass is 364 g/mol. The molecule has 0 aromatic heterocycles. The van der Waals surface area contributed by atoms with Crippen LogP contribution in [-0.2, 0) is 42.8 Å². The summed E-state index contributed by atoms with van der Waals surface area (Å²) in [6, 6.07) is 0. The fourth-order valence-corrected chi connectivity index (χ4v) is 2.64. The standard InChI is InChI=1S/C15H24O10/c1-7(16)22-10(6-20-4)11-12(21-5)13(23-8(2)17)14(15(19)25-11)24-9(3)18/h10-15,19H,6H2,1-5H3/t10-,11-,12-,13+,14-,15-/m1/s1. The first-order chi connectivity index (χ1) is 11.7. The Labute approximate surface area is 145 Å². The lowest BCUT2D eigenvalue weighted by Crippen LogP contribution is -2.64. The predicted octanol–water partition coefficient (Wildman–Crippen LogP) is -0.840. The molecular formula is C15H24O10.